The smallest absolute Gasteiger partial charge is 0.336 e. The van der Waals surface area contributed by atoms with Gasteiger partial charge in [0.05, 0.1) is 4.90 Å². The molecule has 7 heteroatoms. The second kappa shape index (κ2) is 4.16. The first-order valence-corrected chi connectivity index (χ1v) is 7.20. The van der Waals surface area contributed by atoms with Crippen LogP contribution in [-0.2, 0) is 10.0 Å². The Morgan fingerprint density at radius 3 is 2.63 bits per heavy atom. The highest BCUT2D eigenvalue weighted by atomic mass is 32.2. The molecule has 0 aliphatic carbocycles. The van der Waals surface area contributed by atoms with Gasteiger partial charge in [0.1, 0.15) is 5.58 Å². The van der Waals surface area contributed by atoms with Crippen molar-refractivity contribution in [2.75, 3.05) is 13.1 Å². The van der Waals surface area contributed by atoms with Crippen molar-refractivity contribution in [3.05, 3.63) is 40.8 Å². The summed E-state index contributed by atoms with van der Waals surface area (Å²) in [5.74, 6) is 0. The van der Waals surface area contributed by atoms with Crippen LogP contribution < -0.4 is 11.4 Å². The zero-order chi connectivity index (χ0) is 13.6. The number of hydrogen-bond donors (Lipinski definition) is 1. The van der Waals surface area contributed by atoms with Gasteiger partial charge in [-0.3, -0.25) is 0 Å². The van der Waals surface area contributed by atoms with Crippen LogP contribution in [0, 0.1) is 0 Å². The van der Waals surface area contributed by atoms with Crippen molar-refractivity contribution in [2.45, 2.75) is 10.9 Å². The van der Waals surface area contributed by atoms with Crippen molar-refractivity contribution in [2.24, 2.45) is 5.73 Å². The maximum atomic E-state index is 12.2. The summed E-state index contributed by atoms with van der Waals surface area (Å²) in [5, 5.41) is 0.575. The minimum Gasteiger partial charge on any atom is -0.423 e. The predicted octanol–water partition coefficient (Wildman–Crippen LogP) is 0.125. The molecule has 0 amide bonds. The van der Waals surface area contributed by atoms with Crippen LogP contribution in [0.5, 0.6) is 0 Å². The summed E-state index contributed by atoms with van der Waals surface area (Å²) in [4.78, 5) is 11.2. The van der Waals surface area contributed by atoms with Crippen LogP contribution in [0.25, 0.3) is 11.0 Å². The molecule has 1 fully saturated rings. The normalized spacial score (nSPS) is 17.5. The van der Waals surface area contributed by atoms with Crippen LogP contribution in [0.2, 0.25) is 0 Å². The molecule has 0 atom stereocenters. The second-order valence-electron chi connectivity index (χ2n) is 4.54. The van der Waals surface area contributed by atoms with Gasteiger partial charge in [0.2, 0.25) is 10.0 Å². The van der Waals surface area contributed by atoms with E-state index in [1.807, 2.05) is 0 Å². The van der Waals surface area contributed by atoms with E-state index < -0.39 is 15.6 Å². The largest absolute Gasteiger partial charge is 0.423 e. The SMILES string of the molecule is NC1CN(S(=O)(=O)c2ccc3oc(=O)ccc3c2)C1. The number of nitrogens with two attached hydrogens (primary N) is 1. The Balaban J connectivity index is 2.06. The van der Waals surface area contributed by atoms with E-state index in [0.717, 1.165) is 0 Å². The molecule has 0 bridgehead atoms. The summed E-state index contributed by atoms with van der Waals surface area (Å²) in [6, 6.07) is 7.14. The molecule has 1 aliphatic heterocycles. The first-order valence-electron chi connectivity index (χ1n) is 5.76. The lowest BCUT2D eigenvalue weighted by atomic mass is 10.2. The van der Waals surface area contributed by atoms with Crippen molar-refractivity contribution in [3.8, 4) is 0 Å². The minimum atomic E-state index is -3.50. The van der Waals surface area contributed by atoms with Crippen LogP contribution in [-0.4, -0.2) is 31.9 Å². The van der Waals surface area contributed by atoms with Crippen molar-refractivity contribution < 1.29 is 12.8 Å². The van der Waals surface area contributed by atoms with E-state index in [1.165, 1.54) is 28.6 Å². The third-order valence-corrected chi connectivity index (χ3v) is 4.93. The Morgan fingerprint density at radius 1 is 1.21 bits per heavy atom. The Hall–Kier alpha value is -1.70. The Morgan fingerprint density at radius 2 is 1.95 bits per heavy atom. The third kappa shape index (κ3) is 2.05. The lowest BCUT2D eigenvalue weighted by Gasteiger charge is -2.35. The van der Waals surface area contributed by atoms with E-state index in [1.54, 1.807) is 6.07 Å². The van der Waals surface area contributed by atoms with Crippen LogP contribution in [0.4, 0.5) is 0 Å². The molecule has 0 saturated carbocycles. The predicted molar refractivity (Wildman–Crippen MR) is 69.2 cm³/mol. The van der Waals surface area contributed by atoms with Gasteiger partial charge in [-0.05, 0) is 24.3 Å². The van der Waals surface area contributed by atoms with E-state index in [2.05, 4.69) is 0 Å². The fourth-order valence-corrected chi connectivity index (χ4v) is 3.61. The van der Waals surface area contributed by atoms with Gasteiger partial charge in [0.15, 0.2) is 0 Å². The molecule has 1 aromatic carbocycles. The quantitative estimate of drug-likeness (QED) is 0.789. The maximum absolute atomic E-state index is 12.2. The summed E-state index contributed by atoms with van der Waals surface area (Å²) >= 11 is 0. The van der Waals surface area contributed by atoms with Gasteiger partial charge in [0.25, 0.3) is 0 Å². The monoisotopic (exact) mass is 280 g/mol. The van der Waals surface area contributed by atoms with Gasteiger partial charge in [-0.25, -0.2) is 13.2 Å². The summed E-state index contributed by atoms with van der Waals surface area (Å²) in [6.07, 6.45) is 0. The second-order valence-corrected chi connectivity index (χ2v) is 6.47. The molecular weight excluding hydrogens is 268 g/mol. The van der Waals surface area contributed by atoms with E-state index in [-0.39, 0.29) is 10.9 Å². The molecule has 0 spiro atoms. The highest BCUT2D eigenvalue weighted by molar-refractivity contribution is 7.89. The fraction of sp³-hybridized carbons (Fsp3) is 0.250. The lowest BCUT2D eigenvalue weighted by molar-refractivity contribution is 0.265. The minimum absolute atomic E-state index is 0.0896. The molecule has 100 valence electrons. The first-order chi connectivity index (χ1) is 8.96. The fourth-order valence-electron chi connectivity index (χ4n) is 2.03. The zero-order valence-electron chi connectivity index (χ0n) is 9.94. The van der Waals surface area contributed by atoms with Gasteiger partial charge in [0, 0.05) is 30.6 Å². The van der Waals surface area contributed by atoms with Gasteiger partial charge in [-0.15, -0.1) is 0 Å². The molecule has 6 nitrogen and oxygen atoms in total. The number of hydrogen-bond acceptors (Lipinski definition) is 5. The van der Waals surface area contributed by atoms with Crippen LogP contribution >= 0.6 is 0 Å². The first kappa shape index (κ1) is 12.3. The molecule has 2 heterocycles. The molecular formula is C12H12N2O4S. The number of benzene rings is 1. The van der Waals surface area contributed by atoms with Crippen molar-refractivity contribution in [3.63, 3.8) is 0 Å². The third-order valence-electron chi connectivity index (χ3n) is 3.10. The van der Waals surface area contributed by atoms with E-state index >= 15 is 0 Å². The van der Waals surface area contributed by atoms with Crippen LogP contribution in [0.1, 0.15) is 0 Å². The molecule has 1 aromatic heterocycles. The average Bonchev–Trinajstić information content (AvgIpc) is 2.34. The highest BCUT2D eigenvalue weighted by Crippen LogP contribution is 2.23. The average molecular weight is 280 g/mol. The van der Waals surface area contributed by atoms with Gasteiger partial charge in [-0.2, -0.15) is 4.31 Å². The standard InChI is InChI=1S/C12H12N2O4S/c13-9-6-14(7-9)19(16,17)10-2-3-11-8(5-10)1-4-12(15)18-11/h1-5,9H,6-7,13H2. The molecule has 3 rings (SSSR count). The topological polar surface area (TPSA) is 93.6 Å². The summed E-state index contributed by atoms with van der Waals surface area (Å²) in [7, 11) is -3.50. The van der Waals surface area contributed by atoms with Crippen molar-refractivity contribution in [1.29, 1.82) is 0 Å². The number of rotatable bonds is 2. The van der Waals surface area contributed by atoms with Gasteiger partial charge >= 0.3 is 5.63 Å². The maximum Gasteiger partial charge on any atom is 0.336 e. The molecule has 0 unspecified atom stereocenters. The molecule has 2 aromatic rings. The molecule has 1 saturated heterocycles. The lowest BCUT2D eigenvalue weighted by Crippen LogP contribution is -2.57. The Bertz CT molecular complexity index is 791. The van der Waals surface area contributed by atoms with Crippen molar-refractivity contribution >= 4 is 21.0 Å². The Labute approximate surface area is 109 Å². The molecule has 0 radical (unpaired) electrons. The van der Waals surface area contributed by atoms with E-state index in [0.29, 0.717) is 24.1 Å². The number of fused-ring (bicyclic) bond motifs is 1. The number of sulfonamides is 1. The number of nitrogens with zero attached hydrogens (tertiary/aromatic N) is 1. The molecule has 1 aliphatic rings. The Kier molecular flexibility index (Phi) is 2.70. The molecule has 2 N–H and O–H groups in total. The van der Waals surface area contributed by atoms with Crippen LogP contribution in [0.15, 0.2) is 44.4 Å². The van der Waals surface area contributed by atoms with E-state index in [9.17, 15) is 13.2 Å². The molecule has 19 heavy (non-hydrogen) atoms. The van der Waals surface area contributed by atoms with Gasteiger partial charge < -0.3 is 10.2 Å². The highest BCUT2D eigenvalue weighted by Gasteiger charge is 2.34. The van der Waals surface area contributed by atoms with Gasteiger partial charge in [-0.1, -0.05) is 0 Å². The zero-order valence-corrected chi connectivity index (χ0v) is 10.8. The summed E-state index contributed by atoms with van der Waals surface area (Å²) in [6.45, 7) is 0.675. The summed E-state index contributed by atoms with van der Waals surface area (Å²) in [5.41, 5.74) is 5.50. The van der Waals surface area contributed by atoms with Crippen molar-refractivity contribution in [1.82, 2.24) is 4.31 Å². The van der Waals surface area contributed by atoms with Crippen LogP contribution in [0.3, 0.4) is 0 Å². The summed E-state index contributed by atoms with van der Waals surface area (Å²) < 4.78 is 30.8. The van der Waals surface area contributed by atoms with E-state index in [4.69, 9.17) is 10.2 Å².